The Bertz CT molecular complexity index is 224. The first-order valence-corrected chi connectivity index (χ1v) is 3.70. The van der Waals surface area contributed by atoms with E-state index in [9.17, 15) is 26.3 Å². The smallest absolute Gasteiger partial charge is 0.434 e. The van der Waals surface area contributed by atoms with Gasteiger partial charge in [0.25, 0.3) is 6.10 Å². The van der Waals surface area contributed by atoms with Gasteiger partial charge in [0.15, 0.2) is 0 Å². The zero-order chi connectivity index (χ0) is 11.0. The third kappa shape index (κ3) is 2.55. The van der Waals surface area contributed by atoms with E-state index in [4.69, 9.17) is 0 Å². The molecule has 0 fully saturated rings. The summed E-state index contributed by atoms with van der Waals surface area (Å²) in [7, 11) is 0. The second-order valence-corrected chi connectivity index (χ2v) is 2.79. The van der Waals surface area contributed by atoms with Crippen molar-refractivity contribution >= 4 is 0 Å². The van der Waals surface area contributed by atoms with Gasteiger partial charge >= 0.3 is 12.4 Å². The van der Waals surface area contributed by atoms with Crippen LogP contribution in [0.4, 0.5) is 26.3 Å². The van der Waals surface area contributed by atoms with Crippen molar-refractivity contribution in [2.45, 2.75) is 31.3 Å². The maximum Gasteiger partial charge on any atom is 0.434 e. The highest BCUT2D eigenvalue weighted by Crippen LogP contribution is 2.38. The minimum Gasteiger partial charge on any atom is -0.476 e. The molecule has 0 amide bonds. The van der Waals surface area contributed by atoms with Gasteiger partial charge in [-0.2, -0.15) is 26.3 Å². The molecular weight excluding hydrogens is 214 g/mol. The highest BCUT2D eigenvalue weighted by molar-refractivity contribution is 5.05. The molecule has 0 aliphatic heterocycles. The lowest BCUT2D eigenvalue weighted by Gasteiger charge is -2.27. The molecule has 0 spiro atoms. The number of rotatable bonds is 2. The normalized spacial score (nSPS) is 17.8. The van der Waals surface area contributed by atoms with E-state index in [2.05, 4.69) is 4.74 Å². The van der Waals surface area contributed by atoms with Crippen LogP contribution in [-0.4, -0.2) is 18.5 Å². The van der Waals surface area contributed by atoms with Crippen LogP contribution in [-0.2, 0) is 4.74 Å². The van der Waals surface area contributed by atoms with E-state index >= 15 is 0 Å². The van der Waals surface area contributed by atoms with Crippen molar-refractivity contribution in [3.8, 4) is 0 Å². The van der Waals surface area contributed by atoms with Crippen LogP contribution in [0, 0.1) is 0 Å². The summed E-state index contributed by atoms with van der Waals surface area (Å²) in [6.45, 7) is 0. The number of hydrogen-bond acceptors (Lipinski definition) is 1. The molecule has 7 heteroatoms. The second-order valence-electron chi connectivity index (χ2n) is 2.79. The standard InChI is InChI=1S/C7H6F6O/c8-6(9,10)5(7(11,12)13)14-4-2-1-3-4/h2,5H,1,3H2. The van der Waals surface area contributed by atoms with Crippen LogP contribution in [0.25, 0.3) is 0 Å². The van der Waals surface area contributed by atoms with E-state index in [0.29, 0.717) is 6.42 Å². The monoisotopic (exact) mass is 220 g/mol. The van der Waals surface area contributed by atoms with Gasteiger partial charge in [-0.25, -0.2) is 0 Å². The van der Waals surface area contributed by atoms with Gasteiger partial charge in [-0.15, -0.1) is 0 Å². The molecular formula is C7H6F6O. The van der Waals surface area contributed by atoms with Crippen molar-refractivity contribution in [2.24, 2.45) is 0 Å². The predicted molar refractivity (Wildman–Crippen MR) is 34.3 cm³/mol. The molecule has 0 aromatic carbocycles. The van der Waals surface area contributed by atoms with Crippen LogP contribution >= 0.6 is 0 Å². The van der Waals surface area contributed by atoms with Crippen LogP contribution in [0.3, 0.4) is 0 Å². The Labute approximate surface area is 75.3 Å². The lowest BCUT2D eigenvalue weighted by atomic mass is 10.1. The quantitative estimate of drug-likeness (QED) is 0.649. The molecule has 0 heterocycles. The SMILES string of the molecule is FC(F)(F)C(OC1=CCC1)C(F)(F)F. The second kappa shape index (κ2) is 3.36. The third-order valence-corrected chi connectivity index (χ3v) is 1.63. The zero-order valence-corrected chi connectivity index (χ0v) is 6.74. The van der Waals surface area contributed by atoms with Crippen molar-refractivity contribution < 1.29 is 31.1 Å². The van der Waals surface area contributed by atoms with E-state index in [-0.39, 0.29) is 12.2 Å². The van der Waals surface area contributed by atoms with Crippen LogP contribution < -0.4 is 0 Å². The first kappa shape index (κ1) is 11.2. The highest BCUT2D eigenvalue weighted by atomic mass is 19.4. The first-order valence-electron chi connectivity index (χ1n) is 3.70. The Kier molecular flexibility index (Phi) is 2.69. The van der Waals surface area contributed by atoms with Crippen LogP contribution in [0.15, 0.2) is 11.8 Å². The fraction of sp³-hybridized carbons (Fsp3) is 0.714. The van der Waals surface area contributed by atoms with Gasteiger partial charge in [-0.1, -0.05) is 0 Å². The van der Waals surface area contributed by atoms with E-state index < -0.39 is 18.5 Å². The molecule has 0 unspecified atom stereocenters. The molecule has 82 valence electrons. The Balaban J connectivity index is 2.72. The van der Waals surface area contributed by atoms with Gasteiger partial charge in [0.1, 0.15) is 0 Å². The van der Waals surface area contributed by atoms with Crippen molar-refractivity contribution in [1.82, 2.24) is 0 Å². The fourth-order valence-electron chi connectivity index (χ4n) is 0.840. The molecule has 1 aliphatic carbocycles. The van der Waals surface area contributed by atoms with Crippen molar-refractivity contribution in [2.75, 3.05) is 0 Å². The topological polar surface area (TPSA) is 9.23 Å². The van der Waals surface area contributed by atoms with Gasteiger partial charge in [-0.3, -0.25) is 0 Å². The lowest BCUT2D eigenvalue weighted by Crippen LogP contribution is -2.44. The number of allylic oxidation sites excluding steroid dienone is 2. The molecule has 0 aromatic heterocycles. The number of alkyl halides is 6. The van der Waals surface area contributed by atoms with Crippen molar-refractivity contribution in [3.63, 3.8) is 0 Å². The Morgan fingerprint density at radius 2 is 1.50 bits per heavy atom. The van der Waals surface area contributed by atoms with E-state index in [1.165, 1.54) is 6.08 Å². The average molecular weight is 220 g/mol. The molecule has 1 nitrogen and oxygen atoms in total. The summed E-state index contributed by atoms with van der Waals surface area (Å²) in [5, 5.41) is 0. The minimum atomic E-state index is -5.42. The van der Waals surface area contributed by atoms with Crippen LogP contribution in [0.2, 0.25) is 0 Å². The molecule has 0 atom stereocenters. The molecule has 14 heavy (non-hydrogen) atoms. The molecule has 0 aromatic rings. The average Bonchev–Trinajstić information content (AvgIpc) is 1.76. The maximum absolute atomic E-state index is 11.9. The van der Waals surface area contributed by atoms with Crippen LogP contribution in [0.1, 0.15) is 12.8 Å². The first-order chi connectivity index (χ1) is 6.21. The van der Waals surface area contributed by atoms with Crippen molar-refractivity contribution in [3.05, 3.63) is 11.8 Å². The van der Waals surface area contributed by atoms with Gasteiger partial charge < -0.3 is 4.74 Å². The molecule has 1 aliphatic rings. The number of halogens is 6. The van der Waals surface area contributed by atoms with Gasteiger partial charge in [-0.05, 0) is 12.5 Å². The van der Waals surface area contributed by atoms with E-state index in [0.717, 1.165) is 0 Å². The Hall–Kier alpha value is -0.880. The van der Waals surface area contributed by atoms with E-state index in [1.807, 2.05) is 0 Å². The minimum absolute atomic E-state index is 0.128. The predicted octanol–water partition coefficient (Wildman–Crippen LogP) is 3.17. The van der Waals surface area contributed by atoms with Gasteiger partial charge in [0, 0.05) is 6.42 Å². The number of ether oxygens (including phenoxy) is 1. The number of hydrogen-bond donors (Lipinski definition) is 0. The lowest BCUT2D eigenvalue weighted by molar-refractivity contribution is -0.314. The summed E-state index contributed by atoms with van der Waals surface area (Å²) < 4.78 is 75.0. The Morgan fingerprint density at radius 3 is 1.71 bits per heavy atom. The van der Waals surface area contributed by atoms with Gasteiger partial charge in [0.2, 0.25) is 0 Å². The molecule has 0 saturated heterocycles. The largest absolute Gasteiger partial charge is 0.476 e. The highest BCUT2D eigenvalue weighted by Gasteiger charge is 2.59. The summed E-state index contributed by atoms with van der Waals surface area (Å²) >= 11 is 0. The third-order valence-electron chi connectivity index (χ3n) is 1.63. The summed E-state index contributed by atoms with van der Waals surface area (Å²) in [4.78, 5) is 0. The zero-order valence-electron chi connectivity index (χ0n) is 6.74. The molecule has 0 N–H and O–H groups in total. The summed E-state index contributed by atoms with van der Waals surface area (Å²) in [5.74, 6) is -0.246. The van der Waals surface area contributed by atoms with Crippen molar-refractivity contribution in [1.29, 1.82) is 0 Å². The Morgan fingerprint density at radius 1 is 1.07 bits per heavy atom. The molecule has 0 bridgehead atoms. The summed E-state index contributed by atoms with van der Waals surface area (Å²) in [6, 6.07) is 0. The van der Waals surface area contributed by atoms with Crippen LogP contribution in [0.5, 0.6) is 0 Å². The van der Waals surface area contributed by atoms with E-state index in [1.54, 1.807) is 0 Å². The molecule has 1 rings (SSSR count). The maximum atomic E-state index is 11.9. The summed E-state index contributed by atoms with van der Waals surface area (Å²) in [6.07, 6.45) is -12.8. The van der Waals surface area contributed by atoms with Gasteiger partial charge in [0.05, 0.1) is 5.76 Å². The fourth-order valence-corrected chi connectivity index (χ4v) is 0.840. The summed E-state index contributed by atoms with van der Waals surface area (Å²) in [5.41, 5.74) is 0. The molecule has 0 saturated carbocycles. The molecule has 0 radical (unpaired) electrons.